The lowest BCUT2D eigenvalue weighted by Crippen LogP contribution is -1.96. The second-order valence-corrected chi connectivity index (χ2v) is 7.81. The van der Waals surface area contributed by atoms with Crippen LogP contribution in [0, 0.1) is 10.1 Å². The molecule has 0 bridgehead atoms. The summed E-state index contributed by atoms with van der Waals surface area (Å²) >= 11 is 13.8. The van der Waals surface area contributed by atoms with Crippen LogP contribution in [-0.2, 0) is 5.75 Å². The van der Waals surface area contributed by atoms with Crippen LogP contribution in [0.25, 0.3) is 16.7 Å². The highest BCUT2D eigenvalue weighted by Gasteiger charge is 2.17. The predicted octanol–water partition coefficient (Wildman–Crippen LogP) is 6.53. The third-order valence-electron chi connectivity index (χ3n) is 4.20. The zero-order chi connectivity index (χ0) is 19.7. The minimum Gasteiger partial charge on any atom is -0.287 e. The molecule has 0 saturated carbocycles. The molecule has 0 atom stereocenters. The molecular weight excluding hydrogens is 417 g/mol. The van der Waals surface area contributed by atoms with Crippen molar-refractivity contribution in [2.45, 2.75) is 10.9 Å². The monoisotopic (exact) mass is 429 g/mol. The van der Waals surface area contributed by atoms with Crippen molar-refractivity contribution in [1.82, 2.24) is 9.55 Å². The molecule has 8 heteroatoms. The van der Waals surface area contributed by atoms with Gasteiger partial charge in [-0.05, 0) is 35.9 Å². The van der Waals surface area contributed by atoms with Crippen molar-refractivity contribution in [1.29, 1.82) is 0 Å². The number of imidazole rings is 1. The number of non-ortho nitro benzene ring substituents is 1. The Balaban J connectivity index is 1.78. The molecular formula is C20H13Cl2N3O2S. The Morgan fingerprint density at radius 1 is 1.04 bits per heavy atom. The number of hydrogen-bond donors (Lipinski definition) is 0. The lowest BCUT2D eigenvalue weighted by Gasteiger charge is -2.09. The lowest BCUT2D eigenvalue weighted by atomic mass is 10.2. The van der Waals surface area contributed by atoms with Crippen LogP contribution < -0.4 is 0 Å². The summed E-state index contributed by atoms with van der Waals surface area (Å²) in [7, 11) is 0. The number of halogens is 2. The summed E-state index contributed by atoms with van der Waals surface area (Å²) in [5.74, 6) is 0.592. The van der Waals surface area contributed by atoms with E-state index in [4.69, 9.17) is 23.2 Å². The van der Waals surface area contributed by atoms with Crippen LogP contribution in [0.5, 0.6) is 0 Å². The molecule has 0 aliphatic rings. The van der Waals surface area contributed by atoms with E-state index in [1.807, 2.05) is 41.0 Å². The number of thioether (sulfide) groups is 1. The summed E-state index contributed by atoms with van der Waals surface area (Å²) in [6.07, 6.45) is 0. The van der Waals surface area contributed by atoms with Crippen molar-refractivity contribution in [3.8, 4) is 5.69 Å². The van der Waals surface area contributed by atoms with Gasteiger partial charge in [0.15, 0.2) is 5.16 Å². The number of nitro groups is 1. The third kappa shape index (κ3) is 3.71. The van der Waals surface area contributed by atoms with E-state index in [0.717, 1.165) is 21.9 Å². The molecule has 0 amide bonds. The molecule has 0 saturated heterocycles. The van der Waals surface area contributed by atoms with Crippen molar-refractivity contribution < 1.29 is 4.92 Å². The number of aromatic nitrogens is 2. The SMILES string of the molecule is O=[N+]([O-])c1ccc2c(c1)nc(SCc1ccc(Cl)cc1Cl)n2-c1ccccc1. The molecule has 4 aromatic rings. The fourth-order valence-electron chi connectivity index (χ4n) is 2.86. The number of benzene rings is 3. The molecule has 28 heavy (non-hydrogen) atoms. The summed E-state index contributed by atoms with van der Waals surface area (Å²) < 4.78 is 1.99. The van der Waals surface area contributed by atoms with E-state index in [2.05, 4.69) is 4.98 Å². The number of nitro benzene ring substituents is 1. The normalized spacial score (nSPS) is 11.1. The second kappa shape index (κ2) is 7.83. The fraction of sp³-hybridized carbons (Fsp3) is 0.0500. The van der Waals surface area contributed by atoms with Gasteiger partial charge in [-0.2, -0.15) is 0 Å². The van der Waals surface area contributed by atoms with Crippen molar-refractivity contribution in [2.75, 3.05) is 0 Å². The van der Waals surface area contributed by atoms with Gasteiger partial charge in [0.05, 0.1) is 16.0 Å². The lowest BCUT2D eigenvalue weighted by molar-refractivity contribution is -0.384. The number of nitrogens with zero attached hydrogens (tertiary/aromatic N) is 3. The molecule has 0 radical (unpaired) electrons. The van der Waals surface area contributed by atoms with Gasteiger partial charge in [0, 0.05) is 33.6 Å². The van der Waals surface area contributed by atoms with Gasteiger partial charge in [0.25, 0.3) is 5.69 Å². The maximum Gasteiger partial charge on any atom is 0.271 e. The van der Waals surface area contributed by atoms with Crippen LogP contribution in [0.15, 0.2) is 71.9 Å². The minimum atomic E-state index is -0.415. The maximum atomic E-state index is 11.1. The Morgan fingerprint density at radius 2 is 1.82 bits per heavy atom. The molecule has 0 aliphatic carbocycles. The molecule has 0 unspecified atom stereocenters. The number of para-hydroxylation sites is 1. The third-order valence-corrected chi connectivity index (χ3v) is 5.78. The summed E-state index contributed by atoms with van der Waals surface area (Å²) in [6, 6.07) is 19.9. The van der Waals surface area contributed by atoms with E-state index in [1.54, 1.807) is 18.2 Å². The standard InChI is InChI=1S/C20H13Cl2N3O2S/c21-14-7-6-13(17(22)10-14)12-28-20-23-18-11-16(25(26)27)8-9-19(18)24(20)15-4-2-1-3-5-15/h1-11H,12H2. The molecule has 1 aromatic heterocycles. The van der Waals surface area contributed by atoms with E-state index >= 15 is 0 Å². The Labute approximate surface area is 175 Å². The van der Waals surface area contributed by atoms with Crippen molar-refractivity contribution in [3.05, 3.63) is 92.5 Å². The summed E-state index contributed by atoms with van der Waals surface area (Å²) in [5, 5.41) is 13.0. The number of fused-ring (bicyclic) bond motifs is 1. The van der Waals surface area contributed by atoms with Gasteiger partial charge >= 0.3 is 0 Å². The molecule has 4 rings (SSSR count). The first-order valence-corrected chi connectivity index (χ1v) is 10.1. The number of hydrogen-bond acceptors (Lipinski definition) is 4. The Morgan fingerprint density at radius 3 is 2.54 bits per heavy atom. The van der Waals surface area contributed by atoms with E-state index in [1.165, 1.54) is 23.9 Å². The molecule has 0 fully saturated rings. The fourth-order valence-corrected chi connectivity index (χ4v) is 4.45. The van der Waals surface area contributed by atoms with Gasteiger partial charge in [-0.1, -0.05) is 59.2 Å². The van der Waals surface area contributed by atoms with E-state index in [0.29, 0.717) is 21.3 Å². The van der Waals surface area contributed by atoms with Crippen molar-refractivity contribution in [3.63, 3.8) is 0 Å². The first-order valence-electron chi connectivity index (χ1n) is 8.32. The van der Waals surface area contributed by atoms with Gasteiger partial charge in [0.1, 0.15) is 0 Å². The zero-order valence-electron chi connectivity index (χ0n) is 14.4. The van der Waals surface area contributed by atoms with E-state index in [-0.39, 0.29) is 5.69 Å². The highest BCUT2D eigenvalue weighted by molar-refractivity contribution is 7.98. The van der Waals surface area contributed by atoms with Gasteiger partial charge in [0.2, 0.25) is 0 Å². The average molecular weight is 430 g/mol. The minimum absolute atomic E-state index is 0.0162. The van der Waals surface area contributed by atoms with Gasteiger partial charge in [-0.3, -0.25) is 14.7 Å². The Bertz CT molecular complexity index is 1180. The van der Waals surface area contributed by atoms with Crippen LogP contribution in [0.4, 0.5) is 5.69 Å². The summed E-state index contributed by atoms with van der Waals surface area (Å²) in [6.45, 7) is 0. The first-order chi connectivity index (χ1) is 13.5. The zero-order valence-corrected chi connectivity index (χ0v) is 16.7. The van der Waals surface area contributed by atoms with Crippen LogP contribution in [0.2, 0.25) is 10.0 Å². The van der Waals surface area contributed by atoms with Crippen molar-refractivity contribution in [2.24, 2.45) is 0 Å². The smallest absolute Gasteiger partial charge is 0.271 e. The molecule has 5 nitrogen and oxygen atoms in total. The topological polar surface area (TPSA) is 61.0 Å². The molecule has 0 spiro atoms. The van der Waals surface area contributed by atoms with E-state index < -0.39 is 4.92 Å². The Kier molecular flexibility index (Phi) is 5.26. The average Bonchev–Trinajstić information content (AvgIpc) is 3.05. The molecule has 0 aliphatic heterocycles. The first kappa shape index (κ1) is 18.8. The van der Waals surface area contributed by atoms with Gasteiger partial charge < -0.3 is 0 Å². The van der Waals surface area contributed by atoms with Gasteiger partial charge in [-0.25, -0.2) is 4.98 Å². The van der Waals surface area contributed by atoms with Crippen molar-refractivity contribution >= 4 is 51.7 Å². The molecule has 140 valence electrons. The summed E-state index contributed by atoms with van der Waals surface area (Å²) in [5.41, 5.74) is 3.27. The largest absolute Gasteiger partial charge is 0.287 e. The quantitative estimate of drug-likeness (QED) is 0.205. The number of rotatable bonds is 5. The highest BCUT2D eigenvalue weighted by Crippen LogP contribution is 2.33. The van der Waals surface area contributed by atoms with E-state index in [9.17, 15) is 10.1 Å². The highest BCUT2D eigenvalue weighted by atomic mass is 35.5. The van der Waals surface area contributed by atoms with Crippen LogP contribution >= 0.6 is 35.0 Å². The van der Waals surface area contributed by atoms with Crippen LogP contribution in [0.3, 0.4) is 0 Å². The molecule has 1 heterocycles. The molecule has 0 N–H and O–H groups in total. The predicted molar refractivity (Wildman–Crippen MR) is 114 cm³/mol. The van der Waals surface area contributed by atoms with Gasteiger partial charge in [-0.15, -0.1) is 0 Å². The van der Waals surface area contributed by atoms with Crippen LogP contribution in [0.1, 0.15) is 5.56 Å². The maximum absolute atomic E-state index is 11.1. The van der Waals surface area contributed by atoms with Crippen LogP contribution in [-0.4, -0.2) is 14.5 Å². The second-order valence-electron chi connectivity index (χ2n) is 6.02. The molecule has 3 aromatic carbocycles. The summed E-state index contributed by atoms with van der Waals surface area (Å²) in [4.78, 5) is 15.4. The Hall–Kier alpha value is -2.54.